The van der Waals surface area contributed by atoms with Gasteiger partial charge in [-0.3, -0.25) is 0 Å². The molecule has 0 unspecified atom stereocenters. The van der Waals surface area contributed by atoms with Gasteiger partial charge in [0.25, 0.3) is 0 Å². The highest BCUT2D eigenvalue weighted by Crippen LogP contribution is 2.22. The predicted octanol–water partition coefficient (Wildman–Crippen LogP) is 4.26. The van der Waals surface area contributed by atoms with Crippen LogP contribution in [0.25, 0.3) is 11.3 Å². The summed E-state index contributed by atoms with van der Waals surface area (Å²) in [4.78, 5) is 4.82. The maximum absolute atomic E-state index is 12.5. The lowest BCUT2D eigenvalue weighted by molar-refractivity contribution is 0.581. The minimum atomic E-state index is -3.48. The fourth-order valence-electron chi connectivity index (χ4n) is 2.85. The molecule has 0 aliphatic heterocycles. The first-order valence-corrected chi connectivity index (χ1v) is 10.8. The molecule has 0 atom stereocenters. The van der Waals surface area contributed by atoms with Crippen molar-refractivity contribution < 1.29 is 8.42 Å². The number of benzene rings is 2. The van der Waals surface area contributed by atoms with E-state index in [1.165, 1.54) is 0 Å². The third kappa shape index (κ3) is 4.38. The number of thiazole rings is 1. The van der Waals surface area contributed by atoms with Crippen molar-refractivity contribution in [3.63, 3.8) is 0 Å². The van der Waals surface area contributed by atoms with Crippen LogP contribution < -0.4 is 4.72 Å². The molecule has 26 heavy (non-hydrogen) atoms. The quantitative estimate of drug-likeness (QED) is 0.689. The van der Waals surface area contributed by atoms with Crippen molar-refractivity contribution in [3.8, 4) is 11.3 Å². The molecule has 0 spiro atoms. The Morgan fingerprint density at radius 2 is 1.77 bits per heavy atom. The minimum absolute atomic E-state index is 0.345. The zero-order chi connectivity index (χ0) is 18.7. The molecule has 136 valence electrons. The van der Waals surface area contributed by atoms with Gasteiger partial charge in [0, 0.05) is 17.5 Å². The van der Waals surface area contributed by atoms with Gasteiger partial charge in [-0.05, 0) is 44.4 Å². The number of hydrogen-bond acceptors (Lipinski definition) is 4. The monoisotopic (exact) mass is 386 g/mol. The van der Waals surface area contributed by atoms with Gasteiger partial charge in [-0.1, -0.05) is 42.0 Å². The second kappa shape index (κ2) is 7.70. The number of hydrogen-bond donors (Lipinski definition) is 1. The number of aromatic nitrogens is 1. The smallest absolute Gasteiger partial charge is 0.240 e. The number of sulfonamides is 1. The standard InChI is InChI=1S/C20H22N2O2S2/c1-14-4-9-20(15(2)12-14)26(23,24)21-11-10-17-5-7-18(8-6-17)19-13-25-16(3)22-19/h4-9,12-13,21H,10-11H2,1-3H3. The molecule has 0 bridgehead atoms. The first-order valence-electron chi connectivity index (χ1n) is 8.43. The Balaban J connectivity index is 1.62. The summed E-state index contributed by atoms with van der Waals surface area (Å²) < 4.78 is 27.7. The van der Waals surface area contributed by atoms with Crippen LogP contribution in [0.2, 0.25) is 0 Å². The first-order chi connectivity index (χ1) is 12.3. The third-order valence-corrected chi connectivity index (χ3v) is 6.59. The van der Waals surface area contributed by atoms with E-state index in [0.717, 1.165) is 33.0 Å². The summed E-state index contributed by atoms with van der Waals surface area (Å²) in [7, 11) is -3.48. The van der Waals surface area contributed by atoms with Crippen LogP contribution in [0, 0.1) is 20.8 Å². The molecule has 1 heterocycles. The van der Waals surface area contributed by atoms with Crippen molar-refractivity contribution in [3.05, 3.63) is 69.5 Å². The van der Waals surface area contributed by atoms with Crippen LogP contribution >= 0.6 is 11.3 Å². The summed E-state index contributed by atoms with van der Waals surface area (Å²) >= 11 is 1.63. The van der Waals surface area contributed by atoms with Crippen LogP contribution in [0.15, 0.2) is 52.7 Å². The Bertz CT molecular complexity index is 1010. The Morgan fingerprint density at radius 3 is 2.38 bits per heavy atom. The molecule has 0 radical (unpaired) electrons. The van der Waals surface area contributed by atoms with Gasteiger partial charge in [0.1, 0.15) is 0 Å². The van der Waals surface area contributed by atoms with Crippen molar-refractivity contribution in [2.24, 2.45) is 0 Å². The molecule has 0 saturated carbocycles. The van der Waals surface area contributed by atoms with E-state index in [-0.39, 0.29) is 0 Å². The summed E-state index contributed by atoms with van der Waals surface area (Å²) in [6.45, 7) is 6.13. The van der Waals surface area contributed by atoms with Crippen molar-refractivity contribution >= 4 is 21.4 Å². The van der Waals surface area contributed by atoms with Gasteiger partial charge in [-0.2, -0.15) is 0 Å². The van der Waals surface area contributed by atoms with E-state index in [9.17, 15) is 8.42 Å². The molecule has 0 amide bonds. The van der Waals surface area contributed by atoms with Gasteiger partial charge in [-0.15, -0.1) is 11.3 Å². The summed E-state index contributed by atoms with van der Waals surface area (Å²) in [6, 6.07) is 13.5. The molecular weight excluding hydrogens is 364 g/mol. The largest absolute Gasteiger partial charge is 0.242 e. The summed E-state index contributed by atoms with van der Waals surface area (Å²) in [5.41, 5.74) is 4.96. The molecule has 3 rings (SSSR count). The average molecular weight is 387 g/mol. The Hall–Kier alpha value is -2.02. The molecule has 2 aromatic carbocycles. The fraction of sp³-hybridized carbons (Fsp3) is 0.250. The number of rotatable bonds is 6. The molecule has 6 heteroatoms. The highest BCUT2D eigenvalue weighted by molar-refractivity contribution is 7.89. The van der Waals surface area contributed by atoms with Gasteiger partial charge in [0.15, 0.2) is 0 Å². The zero-order valence-corrected chi connectivity index (χ0v) is 16.7. The van der Waals surface area contributed by atoms with E-state index in [0.29, 0.717) is 17.9 Å². The second-order valence-electron chi connectivity index (χ2n) is 6.37. The maximum Gasteiger partial charge on any atom is 0.240 e. The molecule has 3 aromatic rings. The van der Waals surface area contributed by atoms with Gasteiger partial charge < -0.3 is 0 Å². The molecule has 0 aliphatic rings. The van der Waals surface area contributed by atoms with Crippen molar-refractivity contribution in [1.29, 1.82) is 0 Å². The van der Waals surface area contributed by atoms with Crippen LogP contribution in [-0.4, -0.2) is 19.9 Å². The summed E-state index contributed by atoms with van der Waals surface area (Å²) in [5.74, 6) is 0. The van der Waals surface area contributed by atoms with Crippen LogP contribution in [0.4, 0.5) is 0 Å². The fourth-order valence-corrected chi connectivity index (χ4v) is 4.72. The zero-order valence-electron chi connectivity index (χ0n) is 15.1. The first kappa shape index (κ1) is 18.8. The third-order valence-electron chi connectivity index (χ3n) is 4.19. The lowest BCUT2D eigenvalue weighted by Gasteiger charge is -2.10. The predicted molar refractivity (Wildman–Crippen MR) is 107 cm³/mol. The Labute approximate surface area is 159 Å². The van der Waals surface area contributed by atoms with E-state index in [2.05, 4.69) is 9.71 Å². The van der Waals surface area contributed by atoms with E-state index >= 15 is 0 Å². The van der Waals surface area contributed by atoms with Gasteiger partial charge in [0.05, 0.1) is 15.6 Å². The maximum atomic E-state index is 12.5. The SMILES string of the molecule is Cc1ccc(S(=O)(=O)NCCc2ccc(-c3csc(C)n3)cc2)c(C)c1. The molecule has 0 saturated heterocycles. The highest BCUT2D eigenvalue weighted by Gasteiger charge is 2.16. The molecule has 1 aromatic heterocycles. The van der Waals surface area contributed by atoms with Gasteiger partial charge in [0.2, 0.25) is 10.0 Å². The number of nitrogens with zero attached hydrogens (tertiary/aromatic N) is 1. The van der Waals surface area contributed by atoms with Crippen LogP contribution in [-0.2, 0) is 16.4 Å². The number of nitrogens with one attached hydrogen (secondary N) is 1. The van der Waals surface area contributed by atoms with Gasteiger partial charge >= 0.3 is 0 Å². The van der Waals surface area contributed by atoms with E-state index in [4.69, 9.17) is 0 Å². The van der Waals surface area contributed by atoms with Gasteiger partial charge in [-0.25, -0.2) is 18.1 Å². The Kier molecular flexibility index (Phi) is 5.55. The van der Waals surface area contributed by atoms with Crippen molar-refractivity contribution in [2.75, 3.05) is 6.54 Å². The molecule has 4 nitrogen and oxygen atoms in total. The summed E-state index contributed by atoms with van der Waals surface area (Å²) in [6.07, 6.45) is 0.639. The minimum Gasteiger partial charge on any atom is -0.242 e. The van der Waals surface area contributed by atoms with E-state index < -0.39 is 10.0 Å². The van der Waals surface area contributed by atoms with Crippen molar-refractivity contribution in [2.45, 2.75) is 32.1 Å². The van der Waals surface area contributed by atoms with Crippen LogP contribution in [0.3, 0.4) is 0 Å². The summed E-state index contributed by atoms with van der Waals surface area (Å²) in [5, 5.41) is 3.09. The highest BCUT2D eigenvalue weighted by atomic mass is 32.2. The topological polar surface area (TPSA) is 59.1 Å². The van der Waals surface area contributed by atoms with E-state index in [1.807, 2.05) is 62.5 Å². The van der Waals surface area contributed by atoms with Crippen LogP contribution in [0.1, 0.15) is 21.7 Å². The molecule has 0 fully saturated rings. The van der Waals surface area contributed by atoms with E-state index in [1.54, 1.807) is 17.4 Å². The number of aryl methyl sites for hydroxylation is 3. The average Bonchev–Trinajstić information content (AvgIpc) is 3.01. The molecular formula is C20H22N2O2S2. The lowest BCUT2D eigenvalue weighted by Crippen LogP contribution is -2.26. The molecule has 1 N–H and O–H groups in total. The normalized spacial score (nSPS) is 11.7. The molecule has 0 aliphatic carbocycles. The lowest BCUT2D eigenvalue weighted by atomic mass is 10.1. The second-order valence-corrected chi connectivity index (χ2v) is 9.16. The Morgan fingerprint density at radius 1 is 1.04 bits per heavy atom. The van der Waals surface area contributed by atoms with Crippen LogP contribution in [0.5, 0.6) is 0 Å². The van der Waals surface area contributed by atoms with Crippen molar-refractivity contribution in [1.82, 2.24) is 9.71 Å².